The predicted octanol–water partition coefficient (Wildman–Crippen LogP) is 1.84. The third-order valence-electron chi connectivity index (χ3n) is 3.92. The van der Waals surface area contributed by atoms with Crippen LogP contribution in [0.15, 0.2) is 30.3 Å². The van der Waals surface area contributed by atoms with E-state index >= 15 is 0 Å². The van der Waals surface area contributed by atoms with Crippen molar-refractivity contribution in [2.45, 2.75) is 37.8 Å². The van der Waals surface area contributed by atoms with Crippen molar-refractivity contribution in [3.8, 4) is 0 Å². The molecule has 1 aromatic rings. The molecule has 116 valence electrons. The number of esters is 1. The van der Waals surface area contributed by atoms with Gasteiger partial charge in [-0.1, -0.05) is 30.3 Å². The van der Waals surface area contributed by atoms with Crippen molar-refractivity contribution in [3.63, 3.8) is 0 Å². The molecule has 0 amide bonds. The molecule has 0 heterocycles. The van der Waals surface area contributed by atoms with E-state index in [1.807, 2.05) is 6.07 Å². The Bertz CT molecular complexity index is 432. The minimum Gasteiger partial charge on any atom is -0.468 e. The van der Waals surface area contributed by atoms with Crippen molar-refractivity contribution < 1.29 is 9.53 Å². The lowest BCUT2D eigenvalue weighted by Crippen LogP contribution is -2.41. The molecule has 0 aliphatic heterocycles. The summed E-state index contributed by atoms with van der Waals surface area (Å²) < 4.78 is 4.88. The molecule has 4 nitrogen and oxygen atoms in total. The van der Waals surface area contributed by atoms with Crippen LogP contribution in [0.5, 0.6) is 0 Å². The summed E-state index contributed by atoms with van der Waals surface area (Å²) in [6.07, 6.45) is 4.19. The van der Waals surface area contributed by atoms with Crippen LogP contribution in [0.3, 0.4) is 0 Å². The molecule has 0 saturated heterocycles. The van der Waals surface area contributed by atoms with Gasteiger partial charge >= 0.3 is 5.97 Å². The molecule has 0 bridgehead atoms. The molecule has 1 atom stereocenters. The highest BCUT2D eigenvalue weighted by Gasteiger charge is 2.28. The molecule has 1 fully saturated rings. The lowest BCUT2D eigenvalue weighted by Gasteiger charge is -2.21. The summed E-state index contributed by atoms with van der Waals surface area (Å²) in [5.41, 5.74) is 1.35. The van der Waals surface area contributed by atoms with E-state index in [2.05, 4.69) is 41.5 Å². The van der Waals surface area contributed by atoms with E-state index in [0.29, 0.717) is 6.04 Å². The SMILES string of the molecule is COC(=O)C(CCN(C)CCc1ccccc1)NC1CC1. The predicted molar refractivity (Wildman–Crippen MR) is 84.2 cm³/mol. The van der Waals surface area contributed by atoms with Crippen LogP contribution in [0.2, 0.25) is 0 Å². The van der Waals surface area contributed by atoms with Gasteiger partial charge in [0.05, 0.1) is 7.11 Å². The second-order valence-corrected chi connectivity index (χ2v) is 5.84. The van der Waals surface area contributed by atoms with Crippen LogP contribution in [-0.4, -0.2) is 50.2 Å². The van der Waals surface area contributed by atoms with E-state index < -0.39 is 0 Å². The quantitative estimate of drug-likeness (QED) is 0.705. The van der Waals surface area contributed by atoms with Gasteiger partial charge in [0.1, 0.15) is 6.04 Å². The number of nitrogens with one attached hydrogen (secondary N) is 1. The smallest absolute Gasteiger partial charge is 0.322 e. The average Bonchev–Trinajstić information content (AvgIpc) is 3.33. The number of nitrogens with zero attached hydrogens (tertiary/aromatic N) is 1. The maximum Gasteiger partial charge on any atom is 0.322 e. The number of carbonyl (C=O) groups is 1. The van der Waals surface area contributed by atoms with Crippen LogP contribution < -0.4 is 5.32 Å². The van der Waals surface area contributed by atoms with Crippen LogP contribution in [0.4, 0.5) is 0 Å². The molecular formula is C17H26N2O2. The van der Waals surface area contributed by atoms with Crippen LogP contribution >= 0.6 is 0 Å². The molecule has 0 radical (unpaired) electrons. The van der Waals surface area contributed by atoms with Gasteiger partial charge in [-0.05, 0) is 44.8 Å². The molecule has 1 aliphatic carbocycles. The molecule has 1 aliphatic rings. The van der Waals surface area contributed by atoms with E-state index in [4.69, 9.17) is 4.74 Å². The van der Waals surface area contributed by atoms with E-state index in [1.54, 1.807) is 0 Å². The lowest BCUT2D eigenvalue weighted by molar-refractivity contribution is -0.143. The molecule has 1 aromatic carbocycles. The normalized spacial score (nSPS) is 16.0. The Hall–Kier alpha value is -1.39. The minimum absolute atomic E-state index is 0.140. The van der Waals surface area contributed by atoms with Gasteiger partial charge in [-0.15, -0.1) is 0 Å². The Morgan fingerprint density at radius 2 is 2.05 bits per heavy atom. The van der Waals surface area contributed by atoms with Crippen LogP contribution in [0.25, 0.3) is 0 Å². The van der Waals surface area contributed by atoms with Gasteiger partial charge in [0, 0.05) is 12.6 Å². The number of carbonyl (C=O) groups excluding carboxylic acids is 1. The zero-order valence-electron chi connectivity index (χ0n) is 13.0. The van der Waals surface area contributed by atoms with Crippen molar-refractivity contribution in [1.29, 1.82) is 0 Å². The molecular weight excluding hydrogens is 264 g/mol. The summed E-state index contributed by atoms with van der Waals surface area (Å²) in [4.78, 5) is 14.0. The number of methoxy groups -OCH3 is 1. The van der Waals surface area contributed by atoms with E-state index in [-0.39, 0.29) is 12.0 Å². The van der Waals surface area contributed by atoms with Crippen LogP contribution in [0.1, 0.15) is 24.8 Å². The number of ether oxygens (including phenoxy) is 1. The van der Waals surface area contributed by atoms with Gasteiger partial charge in [-0.25, -0.2) is 0 Å². The second-order valence-electron chi connectivity index (χ2n) is 5.84. The topological polar surface area (TPSA) is 41.6 Å². The highest BCUT2D eigenvalue weighted by Crippen LogP contribution is 2.20. The largest absolute Gasteiger partial charge is 0.468 e. The molecule has 1 N–H and O–H groups in total. The number of hydrogen-bond donors (Lipinski definition) is 1. The van der Waals surface area contributed by atoms with Crippen molar-refractivity contribution in [1.82, 2.24) is 10.2 Å². The first-order chi connectivity index (χ1) is 10.2. The van der Waals surface area contributed by atoms with Gasteiger partial charge in [-0.3, -0.25) is 4.79 Å². The molecule has 2 rings (SSSR count). The van der Waals surface area contributed by atoms with Gasteiger partial charge in [0.25, 0.3) is 0 Å². The highest BCUT2D eigenvalue weighted by molar-refractivity contribution is 5.75. The first kappa shape index (κ1) is 16.0. The van der Waals surface area contributed by atoms with Gasteiger partial charge in [0.15, 0.2) is 0 Å². The monoisotopic (exact) mass is 290 g/mol. The fourth-order valence-electron chi connectivity index (χ4n) is 2.37. The summed E-state index contributed by atoms with van der Waals surface area (Å²) in [6, 6.07) is 10.8. The first-order valence-corrected chi connectivity index (χ1v) is 7.75. The Morgan fingerprint density at radius 3 is 2.67 bits per heavy atom. The van der Waals surface area contributed by atoms with Gasteiger partial charge in [0.2, 0.25) is 0 Å². The van der Waals surface area contributed by atoms with Crippen molar-refractivity contribution in [2.24, 2.45) is 0 Å². The van der Waals surface area contributed by atoms with Gasteiger partial charge in [-0.2, -0.15) is 0 Å². The van der Waals surface area contributed by atoms with Crippen molar-refractivity contribution >= 4 is 5.97 Å². The summed E-state index contributed by atoms with van der Waals surface area (Å²) in [5.74, 6) is -0.140. The molecule has 1 unspecified atom stereocenters. The molecule has 0 spiro atoms. The maximum absolute atomic E-state index is 11.8. The lowest BCUT2D eigenvalue weighted by atomic mass is 10.1. The number of likely N-dealkylation sites (N-methyl/N-ethyl adjacent to an activating group) is 1. The first-order valence-electron chi connectivity index (χ1n) is 7.75. The number of benzene rings is 1. The zero-order valence-corrected chi connectivity index (χ0v) is 13.0. The van der Waals surface area contributed by atoms with Crippen molar-refractivity contribution in [2.75, 3.05) is 27.2 Å². The number of rotatable bonds is 9. The zero-order chi connectivity index (χ0) is 15.1. The average molecular weight is 290 g/mol. The summed E-state index contributed by atoms with van der Waals surface area (Å²) >= 11 is 0. The number of hydrogen-bond acceptors (Lipinski definition) is 4. The summed E-state index contributed by atoms with van der Waals surface area (Å²) in [5, 5.41) is 3.37. The third kappa shape index (κ3) is 5.86. The Labute approximate surface area is 127 Å². The third-order valence-corrected chi connectivity index (χ3v) is 3.92. The molecule has 4 heteroatoms. The van der Waals surface area contributed by atoms with Crippen LogP contribution in [0, 0.1) is 0 Å². The molecule has 21 heavy (non-hydrogen) atoms. The summed E-state index contributed by atoms with van der Waals surface area (Å²) in [7, 11) is 3.57. The standard InChI is InChI=1S/C17H26N2O2/c1-19(12-10-14-6-4-3-5-7-14)13-11-16(17(20)21-2)18-15-8-9-15/h3-7,15-16,18H,8-13H2,1-2H3. The van der Waals surface area contributed by atoms with E-state index in [9.17, 15) is 4.79 Å². The molecule has 1 saturated carbocycles. The fraction of sp³-hybridized carbons (Fsp3) is 0.588. The second kappa shape index (κ2) is 8.15. The van der Waals surface area contributed by atoms with Crippen LogP contribution in [-0.2, 0) is 16.0 Å². The Morgan fingerprint density at radius 1 is 1.33 bits per heavy atom. The minimum atomic E-state index is -0.165. The molecule has 0 aromatic heterocycles. The van der Waals surface area contributed by atoms with Gasteiger partial charge < -0.3 is 15.0 Å². The van der Waals surface area contributed by atoms with Crippen molar-refractivity contribution in [3.05, 3.63) is 35.9 Å². The fourth-order valence-corrected chi connectivity index (χ4v) is 2.37. The summed E-state index contributed by atoms with van der Waals surface area (Å²) in [6.45, 7) is 1.90. The Kier molecular flexibility index (Phi) is 6.21. The van der Waals surface area contributed by atoms with E-state index in [1.165, 1.54) is 25.5 Å². The Balaban J connectivity index is 1.70. The van der Waals surface area contributed by atoms with E-state index in [0.717, 1.165) is 25.9 Å². The highest BCUT2D eigenvalue weighted by atomic mass is 16.5. The maximum atomic E-state index is 11.8.